The number of amides is 1. The SMILES string of the molecule is CC(C)(O)C(C)(C)NC(=O)C1COc2ccccc21. The molecule has 1 amide bonds. The third-order valence-corrected chi connectivity index (χ3v) is 3.98. The molecule has 104 valence electrons. The lowest BCUT2D eigenvalue weighted by Gasteiger charge is -2.38. The highest BCUT2D eigenvalue weighted by Gasteiger charge is 2.39. The molecule has 1 aromatic rings. The van der Waals surface area contributed by atoms with Crippen LogP contribution in [0.4, 0.5) is 0 Å². The molecule has 0 bridgehead atoms. The van der Waals surface area contributed by atoms with Crippen molar-refractivity contribution in [3.8, 4) is 5.75 Å². The van der Waals surface area contributed by atoms with Gasteiger partial charge in [0.15, 0.2) is 0 Å². The van der Waals surface area contributed by atoms with Gasteiger partial charge in [-0.3, -0.25) is 4.79 Å². The van der Waals surface area contributed by atoms with Crippen LogP contribution in [-0.2, 0) is 4.79 Å². The second kappa shape index (κ2) is 4.53. The van der Waals surface area contributed by atoms with E-state index in [1.807, 2.05) is 38.1 Å². The molecule has 4 heteroatoms. The first-order valence-corrected chi connectivity index (χ1v) is 6.48. The second-order valence-corrected chi connectivity index (χ2v) is 6.07. The minimum atomic E-state index is -0.998. The van der Waals surface area contributed by atoms with Crippen LogP contribution in [0.15, 0.2) is 24.3 Å². The number of fused-ring (bicyclic) bond motifs is 1. The maximum atomic E-state index is 12.4. The summed E-state index contributed by atoms with van der Waals surface area (Å²) in [5.41, 5.74) is -0.796. The molecule has 1 aliphatic rings. The van der Waals surface area contributed by atoms with Crippen LogP contribution in [0, 0.1) is 0 Å². The summed E-state index contributed by atoms with van der Waals surface area (Å²) in [6, 6.07) is 7.56. The van der Waals surface area contributed by atoms with Crippen LogP contribution < -0.4 is 10.1 Å². The molecule has 2 N–H and O–H groups in total. The number of carbonyl (C=O) groups excluding carboxylic acids is 1. The van der Waals surface area contributed by atoms with Crippen LogP contribution in [0.25, 0.3) is 0 Å². The minimum absolute atomic E-state index is 0.114. The van der Waals surface area contributed by atoms with Crippen molar-refractivity contribution >= 4 is 5.91 Å². The maximum absolute atomic E-state index is 12.4. The zero-order chi connectivity index (χ0) is 14.3. The van der Waals surface area contributed by atoms with Crippen molar-refractivity contribution in [1.29, 1.82) is 0 Å². The summed E-state index contributed by atoms with van der Waals surface area (Å²) < 4.78 is 5.51. The van der Waals surface area contributed by atoms with Crippen LogP contribution in [0.3, 0.4) is 0 Å². The molecule has 0 fully saturated rings. The summed E-state index contributed by atoms with van der Waals surface area (Å²) in [6.07, 6.45) is 0. The lowest BCUT2D eigenvalue weighted by atomic mass is 9.85. The summed E-state index contributed by atoms with van der Waals surface area (Å²) in [4.78, 5) is 12.4. The van der Waals surface area contributed by atoms with Gasteiger partial charge in [0, 0.05) is 5.56 Å². The molecule has 19 heavy (non-hydrogen) atoms. The Morgan fingerprint density at radius 1 is 1.32 bits per heavy atom. The van der Waals surface area contributed by atoms with Gasteiger partial charge in [0.25, 0.3) is 0 Å². The van der Waals surface area contributed by atoms with Crippen LogP contribution >= 0.6 is 0 Å². The van der Waals surface area contributed by atoms with Crippen molar-refractivity contribution in [2.75, 3.05) is 6.61 Å². The molecule has 1 atom stereocenters. The van der Waals surface area contributed by atoms with E-state index in [4.69, 9.17) is 4.74 Å². The normalized spacial score (nSPS) is 18.7. The number of ether oxygens (including phenoxy) is 1. The molecule has 1 heterocycles. The molecule has 1 aliphatic heterocycles. The molecule has 0 radical (unpaired) electrons. The monoisotopic (exact) mass is 263 g/mol. The Bertz CT molecular complexity index is 488. The first-order chi connectivity index (χ1) is 8.72. The average Bonchev–Trinajstić information content (AvgIpc) is 2.70. The zero-order valence-electron chi connectivity index (χ0n) is 11.9. The summed E-state index contributed by atoms with van der Waals surface area (Å²) in [5, 5.41) is 13.0. The molecule has 0 aliphatic carbocycles. The largest absolute Gasteiger partial charge is 0.492 e. The van der Waals surface area contributed by atoms with E-state index in [2.05, 4.69) is 5.32 Å². The minimum Gasteiger partial charge on any atom is -0.492 e. The van der Waals surface area contributed by atoms with Gasteiger partial charge in [-0.1, -0.05) is 18.2 Å². The average molecular weight is 263 g/mol. The van der Waals surface area contributed by atoms with Gasteiger partial charge in [0.05, 0.1) is 11.1 Å². The van der Waals surface area contributed by atoms with Crippen molar-refractivity contribution in [2.45, 2.75) is 44.8 Å². The number of nitrogens with one attached hydrogen (secondary N) is 1. The van der Waals surface area contributed by atoms with Gasteiger partial charge in [-0.15, -0.1) is 0 Å². The van der Waals surface area contributed by atoms with Crippen LogP contribution in [-0.4, -0.2) is 28.8 Å². The third-order valence-electron chi connectivity index (χ3n) is 3.98. The fourth-order valence-electron chi connectivity index (χ4n) is 1.93. The Morgan fingerprint density at radius 2 is 1.95 bits per heavy atom. The Labute approximate surface area is 113 Å². The predicted octanol–water partition coefficient (Wildman–Crippen LogP) is 1.83. The fraction of sp³-hybridized carbons (Fsp3) is 0.533. The highest BCUT2D eigenvalue weighted by molar-refractivity contribution is 5.86. The van der Waals surface area contributed by atoms with Crippen molar-refractivity contribution in [3.63, 3.8) is 0 Å². The van der Waals surface area contributed by atoms with E-state index in [1.165, 1.54) is 0 Å². The zero-order valence-corrected chi connectivity index (χ0v) is 11.9. The number of hydrogen-bond donors (Lipinski definition) is 2. The Morgan fingerprint density at radius 3 is 2.58 bits per heavy atom. The van der Waals surface area contributed by atoms with E-state index in [1.54, 1.807) is 13.8 Å². The number of rotatable bonds is 3. The maximum Gasteiger partial charge on any atom is 0.231 e. The molecule has 0 saturated carbocycles. The predicted molar refractivity (Wildman–Crippen MR) is 73.2 cm³/mol. The first-order valence-electron chi connectivity index (χ1n) is 6.48. The molecule has 4 nitrogen and oxygen atoms in total. The lowest BCUT2D eigenvalue weighted by Crippen LogP contribution is -2.58. The second-order valence-electron chi connectivity index (χ2n) is 6.07. The number of para-hydroxylation sites is 1. The third kappa shape index (κ3) is 2.59. The molecule has 0 spiro atoms. The number of benzene rings is 1. The van der Waals surface area contributed by atoms with E-state index in [0.29, 0.717) is 6.61 Å². The molecular weight excluding hydrogens is 242 g/mol. The lowest BCUT2D eigenvalue weighted by molar-refractivity contribution is -0.127. The van der Waals surface area contributed by atoms with Gasteiger partial charge in [-0.2, -0.15) is 0 Å². The van der Waals surface area contributed by atoms with Crippen molar-refractivity contribution < 1.29 is 14.6 Å². The summed E-state index contributed by atoms with van der Waals surface area (Å²) in [5.74, 6) is 0.346. The van der Waals surface area contributed by atoms with E-state index in [-0.39, 0.29) is 11.8 Å². The van der Waals surface area contributed by atoms with E-state index in [0.717, 1.165) is 11.3 Å². The highest BCUT2D eigenvalue weighted by Crippen LogP contribution is 2.34. The first kappa shape index (κ1) is 13.9. The van der Waals surface area contributed by atoms with Crippen molar-refractivity contribution in [2.24, 2.45) is 0 Å². The summed E-state index contributed by atoms with van der Waals surface area (Å²) >= 11 is 0. The van der Waals surface area contributed by atoms with E-state index < -0.39 is 11.1 Å². The molecule has 0 saturated heterocycles. The quantitative estimate of drug-likeness (QED) is 0.874. The summed E-state index contributed by atoms with van der Waals surface area (Å²) in [6.45, 7) is 7.35. The number of aliphatic hydroxyl groups is 1. The van der Waals surface area contributed by atoms with Gasteiger partial charge in [0.1, 0.15) is 18.3 Å². The Kier molecular flexibility index (Phi) is 3.31. The van der Waals surface area contributed by atoms with E-state index >= 15 is 0 Å². The molecule has 2 rings (SSSR count). The molecule has 1 unspecified atom stereocenters. The Balaban J connectivity index is 2.15. The van der Waals surface area contributed by atoms with Crippen LogP contribution in [0.1, 0.15) is 39.2 Å². The highest BCUT2D eigenvalue weighted by atomic mass is 16.5. The standard InChI is InChI=1S/C15H21NO3/c1-14(2,15(3,4)18)16-13(17)11-9-19-12-8-6-5-7-10(11)12/h5-8,11,18H,9H2,1-4H3,(H,16,17). The van der Waals surface area contributed by atoms with Crippen LogP contribution in [0.5, 0.6) is 5.75 Å². The molecular formula is C15H21NO3. The van der Waals surface area contributed by atoms with Crippen molar-refractivity contribution in [3.05, 3.63) is 29.8 Å². The number of hydrogen-bond acceptors (Lipinski definition) is 3. The van der Waals surface area contributed by atoms with Gasteiger partial charge >= 0.3 is 0 Å². The topological polar surface area (TPSA) is 58.6 Å². The van der Waals surface area contributed by atoms with E-state index in [9.17, 15) is 9.90 Å². The van der Waals surface area contributed by atoms with Crippen LogP contribution in [0.2, 0.25) is 0 Å². The van der Waals surface area contributed by atoms with Crippen molar-refractivity contribution in [1.82, 2.24) is 5.32 Å². The molecule has 0 aromatic heterocycles. The summed E-state index contributed by atoms with van der Waals surface area (Å²) in [7, 11) is 0. The van der Waals surface area contributed by atoms with Gasteiger partial charge in [0.2, 0.25) is 5.91 Å². The smallest absolute Gasteiger partial charge is 0.231 e. The number of carbonyl (C=O) groups is 1. The van der Waals surface area contributed by atoms with Gasteiger partial charge < -0.3 is 15.2 Å². The van der Waals surface area contributed by atoms with Gasteiger partial charge in [-0.25, -0.2) is 0 Å². The molecule has 1 aromatic carbocycles. The van der Waals surface area contributed by atoms with Gasteiger partial charge in [-0.05, 0) is 33.8 Å². The Hall–Kier alpha value is -1.55. The fourth-order valence-corrected chi connectivity index (χ4v) is 1.93.